The number of hydrogen-bond acceptors (Lipinski definition) is 3. The van der Waals surface area contributed by atoms with Gasteiger partial charge in [0.1, 0.15) is 5.75 Å². The molecule has 3 nitrogen and oxygen atoms in total. The molecule has 1 atom stereocenters. The van der Waals surface area contributed by atoms with Gasteiger partial charge in [-0.15, -0.1) is 0 Å². The van der Waals surface area contributed by atoms with Crippen LogP contribution in [0.4, 0.5) is 0 Å². The summed E-state index contributed by atoms with van der Waals surface area (Å²) in [6, 6.07) is 6.35. The van der Waals surface area contributed by atoms with E-state index in [9.17, 15) is 0 Å². The minimum Gasteiger partial charge on any atom is -0.494 e. The molecule has 1 aromatic rings. The van der Waals surface area contributed by atoms with E-state index in [1.165, 1.54) is 5.56 Å². The molecule has 3 N–H and O–H groups in total. The van der Waals surface area contributed by atoms with Crippen LogP contribution in [-0.2, 0) is 0 Å². The number of aryl methyl sites for hydroxylation is 1. The van der Waals surface area contributed by atoms with Crippen molar-refractivity contribution in [3.8, 4) is 5.75 Å². The molecule has 17 heavy (non-hydrogen) atoms. The van der Waals surface area contributed by atoms with Gasteiger partial charge in [-0.05, 0) is 57.5 Å². The Morgan fingerprint density at radius 3 is 2.76 bits per heavy atom. The normalized spacial score (nSPS) is 12.5. The summed E-state index contributed by atoms with van der Waals surface area (Å²) in [5, 5.41) is 3.14. The lowest BCUT2D eigenvalue weighted by molar-refractivity contribution is 0.337. The zero-order valence-electron chi connectivity index (χ0n) is 11.1. The molecule has 1 aromatic carbocycles. The number of nitrogens with one attached hydrogen (secondary N) is 1. The van der Waals surface area contributed by atoms with Crippen molar-refractivity contribution in [2.45, 2.75) is 32.7 Å². The van der Waals surface area contributed by atoms with Crippen LogP contribution in [0.25, 0.3) is 0 Å². The third kappa shape index (κ3) is 4.36. The van der Waals surface area contributed by atoms with Crippen LogP contribution in [0.15, 0.2) is 18.2 Å². The Labute approximate surface area is 104 Å². The largest absolute Gasteiger partial charge is 0.494 e. The van der Waals surface area contributed by atoms with Gasteiger partial charge in [0.15, 0.2) is 0 Å². The Kier molecular flexibility index (Phi) is 6.01. The number of rotatable bonds is 7. The highest BCUT2D eigenvalue weighted by molar-refractivity contribution is 5.37. The first-order valence-corrected chi connectivity index (χ1v) is 6.32. The maximum Gasteiger partial charge on any atom is 0.122 e. The van der Waals surface area contributed by atoms with E-state index in [0.29, 0.717) is 6.61 Å². The molecule has 0 aliphatic rings. The molecule has 1 rings (SSSR count). The van der Waals surface area contributed by atoms with Crippen LogP contribution >= 0.6 is 0 Å². The predicted octanol–water partition coefficient (Wildman–Crippen LogP) is 2.39. The van der Waals surface area contributed by atoms with Crippen molar-refractivity contribution in [1.82, 2.24) is 5.32 Å². The molecule has 3 heteroatoms. The molecule has 1 unspecified atom stereocenters. The monoisotopic (exact) mass is 236 g/mol. The van der Waals surface area contributed by atoms with Gasteiger partial charge < -0.3 is 15.8 Å². The van der Waals surface area contributed by atoms with Crippen LogP contribution in [-0.4, -0.2) is 20.2 Å². The molecule has 0 spiro atoms. The standard InChI is InChI=1S/C14H24N2O/c1-4-17-14-8-7-12(10-11(14)2)13(15)6-5-9-16-3/h7-8,10,13,16H,4-6,9,15H2,1-3H3. The average molecular weight is 236 g/mol. The summed E-state index contributed by atoms with van der Waals surface area (Å²) >= 11 is 0. The fraction of sp³-hybridized carbons (Fsp3) is 0.571. The molecular formula is C14H24N2O. The van der Waals surface area contributed by atoms with Crippen LogP contribution in [0.1, 0.15) is 36.9 Å². The van der Waals surface area contributed by atoms with E-state index in [1.54, 1.807) is 0 Å². The van der Waals surface area contributed by atoms with Crippen LogP contribution in [0.5, 0.6) is 5.75 Å². The second-order valence-electron chi connectivity index (χ2n) is 4.31. The summed E-state index contributed by atoms with van der Waals surface area (Å²) in [6.07, 6.45) is 2.11. The third-order valence-corrected chi connectivity index (χ3v) is 2.87. The summed E-state index contributed by atoms with van der Waals surface area (Å²) < 4.78 is 5.52. The summed E-state index contributed by atoms with van der Waals surface area (Å²) in [5.41, 5.74) is 8.52. The molecule has 0 aromatic heterocycles. The molecule has 0 bridgehead atoms. The highest BCUT2D eigenvalue weighted by Crippen LogP contribution is 2.23. The molecular weight excluding hydrogens is 212 g/mol. The van der Waals surface area contributed by atoms with Gasteiger partial charge in [-0.25, -0.2) is 0 Å². The first-order chi connectivity index (χ1) is 8.19. The average Bonchev–Trinajstić information content (AvgIpc) is 2.32. The molecule has 0 saturated carbocycles. The number of nitrogens with two attached hydrogens (primary N) is 1. The van der Waals surface area contributed by atoms with Crippen molar-refractivity contribution >= 4 is 0 Å². The summed E-state index contributed by atoms with van der Waals surface area (Å²) in [7, 11) is 1.96. The van der Waals surface area contributed by atoms with E-state index >= 15 is 0 Å². The summed E-state index contributed by atoms with van der Waals surface area (Å²) in [4.78, 5) is 0. The van der Waals surface area contributed by atoms with E-state index in [4.69, 9.17) is 10.5 Å². The van der Waals surface area contributed by atoms with Crippen molar-refractivity contribution < 1.29 is 4.74 Å². The number of hydrogen-bond donors (Lipinski definition) is 2. The Morgan fingerprint density at radius 1 is 1.41 bits per heavy atom. The molecule has 0 fully saturated rings. The van der Waals surface area contributed by atoms with Gasteiger partial charge in [0.25, 0.3) is 0 Å². The Morgan fingerprint density at radius 2 is 2.18 bits per heavy atom. The molecule has 0 saturated heterocycles. The van der Waals surface area contributed by atoms with Crippen molar-refractivity contribution in [3.05, 3.63) is 29.3 Å². The fourth-order valence-corrected chi connectivity index (χ4v) is 1.89. The zero-order valence-corrected chi connectivity index (χ0v) is 11.1. The van der Waals surface area contributed by atoms with Gasteiger partial charge in [0.2, 0.25) is 0 Å². The van der Waals surface area contributed by atoms with E-state index < -0.39 is 0 Å². The first-order valence-electron chi connectivity index (χ1n) is 6.32. The van der Waals surface area contributed by atoms with Gasteiger partial charge >= 0.3 is 0 Å². The van der Waals surface area contributed by atoms with Gasteiger partial charge in [-0.2, -0.15) is 0 Å². The van der Waals surface area contributed by atoms with Crippen molar-refractivity contribution in [1.29, 1.82) is 0 Å². The minimum absolute atomic E-state index is 0.123. The van der Waals surface area contributed by atoms with E-state index in [0.717, 1.165) is 30.7 Å². The lowest BCUT2D eigenvalue weighted by Gasteiger charge is -2.14. The molecule has 0 radical (unpaired) electrons. The summed E-state index contributed by atoms with van der Waals surface area (Å²) in [5.74, 6) is 0.957. The highest BCUT2D eigenvalue weighted by atomic mass is 16.5. The van der Waals surface area contributed by atoms with Crippen LogP contribution in [0, 0.1) is 6.92 Å². The van der Waals surface area contributed by atoms with Gasteiger partial charge in [0, 0.05) is 6.04 Å². The Hall–Kier alpha value is -1.06. The lowest BCUT2D eigenvalue weighted by atomic mass is 10.0. The SMILES string of the molecule is CCOc1ccc(C(N)CCCNC)cc1C. The van der Waals surface area contributed by atoms with Crippen LogP contribution in [0.2, 0.25) is 0 Å². The van der Waals surface area contributed by atoms with Gasteiger partial charge in [-0.1, -0.05) is 12.1 Å². The number of ether oxygens (including phenoxy) is 1. The molecule has 96 valence electrons. The lowest BCUT2D eigenvalue weighted by Crippen LogP contribution is -2.14. The maximum atomic E-state index is 6.16. The van der Waals surface area contributed by atoms with Crippen LogP contribution < -0.4 is 15.8 Å². The van der Waals surface area contributed by atoms with Gasteiger partial charge in [-0.3, -0.25) is 0 Å². The maximum absolute atomic E-state index is 6.16. The van der Waals surface area contributed by atoms with E-state index in [-0.39, 0.29) is 6.04 Å². The molecule has 0 aliphatic heterocycles. The van der Waals surface area contributed by atoms with Crippen molar-refractivity contribution in [2.24, 2.45) is 5.73 Å². The molecule has 0 amide bonds. The third-order valence-electron chi connectivity index (χ3n) is 2.87. The highest BCUT2D eigenvalue weighted by Gasteiger charge is 2.07. The Balaban J connectivity index is 2.62. The quantitative estimate of drug-likeness (QED) is 0.715. The van der Waals surface area contributed by atoms with Crippen molar-refractivity contribution in [2.75, 3.05) is 20.2 Å². The zero-order chi connectivity index (χ0) is 12.7. The Bertz CT molecular complexity index is 339. The molecule has 0 heterocycles. The van der Waals surface area contributed by atoms with E-state index in [2.05, 4.69) is 24.4 Å². The fourth-order valence-electron chi connectivity index (χ4n) is 1.89. The second kappa shape index (κ2) is 7.30. The smallest absolute Gasteiger partial charge is 0.122 e. The van der Waals surface area contributed by atoms with E-state index in [1.807, 2.05) is 20.0 Å². The summed E-state index contributed by atoms with van der Waals surface area (Å²) in [6.45, 7) is 5.78. The van der Waals surface area contributed by atoms with Crippen LogP contribution in [0.3, 0.4) is 0 Å². The second-order valence-corrected chi connectivity index (χ2v) is 4.31. The topological polar surface area (TPSA) is 47.3 Å². The first kappa shape index (κ1) is 14.0. The van der Waals surface area contributed by atoms with Crippen molar-refractivity contribution in [3.63, 3.8) is 0 Å². The molecule has 0 aliphatic carbocycles. The predicted molar refractivity (Wildman–Crippen MR) is 72.4 cm³/mol. The number of benzene rings is 1. The van der Waals surface area contributed by atoms with Gasteiger partial charge in [0.05, 0.1) is 6.61 Å². The minimum atomic E-state index is 0.123.